The molecule has 4 nitrogen and oxygen atoms in total. The first-order valence-corrected chi connectivity index (χ1v) is 7.55. The Morgan fingerprint density at radius 3 is 2.40 bits per heavy atom. The van der Waals surface area contributed by atoms with Crippen LogP contribution in [0.15, 0.2) is 40.2 Å². The van der Waals surface area contributed by atoms with Crippen LogP contribution in [0.2, 0.25) is 0 Å². The van der Waals surface area contributed by atoms with E-state index in [1.165, 1.54) is 11.3 Å². The van der Waals surface area contributed by atoms with E-state index in [4.69, 9.17) is 0 Å². The quantitative estimate of drug-likeness (QED) is 0.834. The van der Waals surface area contributed by atoms with Crippen LogP contribution in [0.25, 0.3) is 0 Å². The summed E-state index contributed by atoms with van der Waals surface area (Å²) in [6, 6.07) is 11.2. The molecule has 6 heteroatoms. The first-order valence-electron chi connectivity index (χ1n) is 5.94. The van der Waals surface area contributed by atoms with Gasteiger partial charge in [0.25, 0.3) is 5.91 Å². The van der Waals surface area contributed by atoms with E-state index in [9.17, 15) is 9.59 Å². The van der Waals surface area contributed by atoms with E-state index in [0.717, 1.165) is 14.9 Å². The fourth-order valence-corrected chi connectivity index (χ4v) is 2.84. The van der Waals surface area contributed by atoms with E-state index in [0.29, 0.717) is 4.88 Å². The van der Waals surface area contributed by atoms with Crippen LogP contribution in [0.3, 0.4) is 0 Å². The summed E-state index contributed by atoms with van der Waals surface area (Å²) in [7, 11) is 0. The smallest absolute Gasteiger partial charge is 0.273 e. The summed E-state index contributed by atoms with van der Waals surface area (Å²) in [6.07, 6.45) is 0.231. The highest BCUT2D eigenvalue weighted by atomic mass is 79.9. The minimum atomic E-state index is -0.321. The molecule has 2 amide bonds. The number of benzene rings is 1. The molecular weight excluding hydrogens is 340 g/mol. The Morgan fingerprint density at radius 2 is 1.80 bits per heavy atom. The zero-order valence-corrected chi connectivity index (χ0v) is 13.2. The summed E-state index contributed by atoms with van der Waals surface area (Å²) in [5.74, 6) is -0.573. The minimum Gasteiger partial charge on any atom is -0.273 e. The lowest BCUT2D eigenvalue weighted by atomic mass is 10.1. The van der Waals surface area contributed by atoms with Gasteiger partial charge in [-0.25, -0.2) is 0 Å². The van der Waals surface area contributed by atoms with Gasteiger partial charge in [0, 0.05) is 0 Å². The first kappa shape index (κ1) is 14.7. The molecule has 104 valence electrons. The molecule has 0 radical (unpaired) electrons. The molecule has 2 aromatic rings. The highest BCUT2D eigenvalue weighted by Crippen LogP contribution is 2.21. The Kier molecular flexibility index (Phi) is 4.92. The largest absolute Gasteiger partial charge is 0.279 e. The van der Waals surface area contributed by atoms with E-state index in [1.807, 2.05) is 31.2 Å². The fraction of sp³-hybridized carbons (Fsp3) is 0.143. The first-order chi connectivity index (χ1) is 9.54. The Morgan fingerprint density at radius 1 is 1.10 bits per heavy atom. The number of carbonyl (C=O) groups excluding carboxylic acids is 2. The lowest BCUT2D eigenvalue weighted by Crippen LogP contribution is -2.42. The SMILES string of the molecule is Cc1ccc(CC(=O)NNC(=O)c2ccc(Br)s2)cc1. The van der Waals surface area contributed by atoms with Crippen molar-refractivity contribution < 1.29 is 9.59 Å². The summed E-state index contributed by atoms with van der Waals surface area (Å²) in [4.78, 5) is 24.0. The van der Waals surface area contributed by atoms with Crippen LogP contribution in [-0.2, 0) is 11.2 Å². The van der Waals surface area contributed by atoms with Crippen molar-refractivity contribution in [2.24, 2.45) is 0 Å². The van der Waals surface area contributed by atoms with Crippen LogP contribution in [-0.4, -0.2) is 11.8 Å². The second-order valence-electron chi connectivity index (χ2n) is 4.27. The van der Waals surface area contributed by atoms with Gasteiger partial charge in [0.2, 0.25) is 5.91 Å². The van der Waals surface area contributed by atoms with Crippen molar-refractivity contribution in [1.29, 1.82) is 0 Å². The molecule has 0 atom stereocenters. The van der Waals surface area contributed by atoms with Crippen LogP contribution < -0.4 is 10.9 Å². The molecule has 0 unspecified atom stereocenters. The number of thiophene rings is 1. The molecule has 2 rings (SSSR count). The number of nitrogens with one attached hydrogen (secondary N) is 2. The van der Waals surface area contributed by atoms with Gasteiger partial charge in [0.05, 0.1) is 15.1 Å². The minimum absolute atomic E-state index is 0.231. The van der Waals surface area contributed by atoms with E-state index in [2.05, 4.69) is 26.8 Å². The molecule has 20 heavy (non-hydrogen) atoms. The zero-order valence-electron chi connectivity index (χ0n) is 10.8. The highest BCUT2D eigenvalue weighted by molar-refractivity contribution is 9.11. The molecule has 0 saturated carbocycles. The van der Waals surface area contributed by atoms with Gasteiger partial charge in [-0.2, -0.15) is 0 Å². The van der Waals surface area contributed by atoms with Crippen molar-refractivity contribution in [1.82, 2.24) is 10.9 Å². The van der Waals surface area contributed by atoms with Crippen LogP contribution in [0.4, 0.5) is 0 Å². The molecule has 0 aliphatic heterocycles. The predicted octanol–water partition coefficient (Wildman–Crippen LogP) is 2.82. The number of amides is 2. The van der Waals surface area contributed by atoms with E-state index in [1.54, 1.807) is 12.1 Å². The van der Waals surface area contributed by atoms with Gasteiger partial charge >= 0.3 is 0 Å². The number of rotatable bonds is 3. The van der Waals surface area contributed by atoms with E-state index < -0.39 is 0 Å². The maximum atomic E-state index is 11.7. The van der Waals surface area contributed by atoms with E-state index >= 15 is 0 Å². The molecule has 0 fully saturated rings. The van der Waals surface area contributed by atoms with Crippen molar-refractivity contribution >= 4 is 39.1 Å². The van der Waals surface area contributed by atoms with Crippen molar-refractivity contribution in [3.05, 3.63) is 56.2 Å². The molecule has 0 spiro atoms. The molecule has 0 aliphatic carbocycles. The number of hydrogen-bond acceptors (Lipinski definition) is 3. The number of aryl methyl sites for hydroxylation is 1. The van der Waals surface area contributed by atoms with Crippen molar-refractivity contribution in [2.45, 2.75) is 13.3 Å². The van der Waals surface area contributed by atoms with Crippen molar-refractivity contribution in [3.8, 4) is 0 Å². The standard InChI is InChI=1S/C14H13BrN2O2S/c1-9-2-4-10(5-3-9)8-13(18)16-17-14(19)11-6-7-12(15)20-11/h2-7H,8H2,1H3,(H,16,18)(H,17,19). The third-order valence-corrected chi connectivity index (χ3v) is 4.22. The van der Waals surface area contributed by atoms with Crippen LogP contribution in [0, 0.1) is 6.92 Å². The molecular formula is C14H13BrN2O2S. The predicted molar refractivity (Wildman–Crippen MR) is 82.5 cm³/mol. The number of hydrazine groups is 1. The highest BCUT2D eigenvalue weighted by Gasteiger charge is 2.09. The monoisotopic (exact) mass is 352 g/mol. The number of carbonyl (C=O) groups is 2. The maximum absolute atomic E-state index is 11.7. The lowest BCUT2D eigenvalue weighted by molar-refractivity contribution is -0.121. The summed E-state index contributed by atoms with van der Waals surface area (Å²) in [6.45, 7) is 1.99. The summed E-state index contributed by atoms with van der Waals surface area (Å²) < 4.78 is 0.869. The van der Waals surface area contributed by atoms with Crippen LogP contribution in [0.5, 0.6) is 0 Å². The third-order valence-electron chi connectivity index (χ3n) is 2.60. The lowest BCUT2D eigenvalue weighted by Gasteiger charge is -2.06. The second kappa shape index (κ2) is 6.67. The van der Waals surface area contributed by atoms with E-state index in [-0.39, 0.29) is 18.2 Å². The normalized spacial score (nSPS) is 10.1. The van der Waals surface area contributed by atoms with Crippen molar-refractivity contribution in [2.75, 3.05) is 0 Å². The van der Waals surface area contributed by atoms with Gasteiger partial charge in [-0.3, -0.25) is 20.4 Å². The molecule has 0 bridgehead atoms. The average Bonchev–Trinajstić information content (AvgIpc) is 2.85. The molecule has 1 heterocycles. The molecule has 2 N–H and O–H groups in total. The Balaban J connectivity index is 1.83. The maximum Gasteiger partial charge on any atom is 0.279 e. The van der Waals surface area contributed by atoms with Crippen LogP contribution in [0.1, 0.15) is 20.8 Å². The molecule has 1 aromatic heterocycles. The topological polar surface area (TPSA) is 58.2 Å². The molecule has 1 aromatic carbocycles. The van der Waals surface area contributed by atoms with Gasteiger partial charge in [0.1, 0.15) is 0 Å². The summed E-state index contributed by atoms with van der Waals surface area (Å²) >= 11 is 4.59. The molecule has 0 aliphatic rings. The number of hydrogen-bond donors (Lipinski definition) is 2. The Hall–Kier alpha value is -1.66. The van der Waals surface area contributed by atoms with Gasteiger partial charge in [-0.15, -0.1) is 11.3 Å². The van der Waals surface area contributed by atoms with Gasteiger partial charge in [-0.05, 0) is 40.5 Å². The number of halogens is 1. The summed E-state index contributed by atoms with van der Waals surface area (Å²) in [5, 5.41) is 0. The third kappa shape index (κ3) is 4.18. The van der Waals surface area contributed by atoms with Gasteiger partial charge in [0.15, 0.2) is 0 Å². The van der Waals surface area contributed by atoms with Gasteiger partial charge in [-0.1, -0.05) is 29.8 Å². The second-order valence-corrected chi connectivity index (χ2v) is 6.73. The Labute approximate surface area is 129 Å². The summed E-state index contributed by atoms with van der Waals surface area (Å²) in [5.41, 5.74) is 6.85. The van der Waals surface area contributed by atoms with Gasteiger partial charge < -0.3 is 0 Å². The molecule has 0 saturated heterocycles. The fourth-order valence-electron chi connectivity index (χ4n) is 1.56. The Bertz CT molecular complexity index is 622. The van der Waals surface area contributed by atoms with Crippen molar-refractivity contribution in [3.63, 3.8) is 0 Å². The average molecular weight is 353 g/mol. The van der Waals surface area contributed by atoms with Crippen LogP contribution >= 0.6 is 27.3 Å². The zero-order chi connectivity index (χ0) is 14.5.